The average molecular weight is 297 g/mol. The third-order valence-electron chi connectivity index (χ3n) is 4.34. The van der Waals surface area contributed by atoms with E-state index in [9.17, 15) is 9.90 Å². The van der Waals surface area contributed by atoms with E-state index in [1.807, 2.05) is 30.3 Å². The van der Waals surface area contributed by atoms with Crippen LogP contribution in [0.15, 0.2) is 30.3 Å². The van der Waals surface area contributed by atoms with Gasteiger partial charge in [-0.05, 0) is 18.4 Å². The number of benzene rings is 1. The molecule has 1 amide bonds. The zero-order chi connectivity index (χ0) is 13.3. The van der Waals surface area contributed by atoms with E-state index in [0.717, 1.165) is 24.9 Å². The fraction of sp³-hybridized carbons (Fsp3) is 0.533. The molecular formula is C15H21ClN2O2. The summed E-state index contributed by atoms with van der Waals surface area (Å²) in [5.74, 6) is 0.244. The number of rotatable bonds is 4. The molecule has 0 aromatic heterocycles. The van der Waals surface area contributed by atoms with Crippen molar-refractivity contribution in [2.75, 3.05) is 19.6 Å². The van der Waals surface area contributed by atoms with Crippen LogP contribution < -0.4 is 10.6 Å². The van der Waals surface area contributed by atoms with Gasteiger partial charge < -0.3 is 15.7 Å². The quantitative estimate of drug-likeness (QED) is 0.771. The fourth-order valence-electron chi connectivity index (χ4n) is 2.85. The van der Waals surface area contributed by atoms with Gasteiger partial charge in [-0.15, -0.1) is 12.4 Å². The van der Waals surface area contributed by atoms with Crippen LogP contribution in [0, 0.1) is 5.92 Å². The number of β-amino-alcohol motifs (C(OH)–C–C–N with tert-alkyl or cyclic N) is 1. The number of hydrogen-bond donors (Lipinski definition) is 3. The maximum Gasteiger partial charge on any atom is 0.230 e. The summed E-state index contributed by atoms with van der Waals surface area (Å²) in [6.07, 6.45) is 1.51. The number of halogens is 1. The van der Waals surface area contributed by atoms with Crippen molar-refractivity contribution in [3.05, 3.63) is 35.9 Å². The molecule has 20 heavy (non-hydrogen) atoms. The van der Waals surface area contributed by atoms with Crippen LogP contribution in [0.2, 0.25) is 0 Å². The van der Waals surface area contributed by atoms with Crippen LogP contribution in [0.4, 0.5) is 0 Å². The van der Waals surface area contributed by atoms with Crippen LogP contribution in [-0.2, 0) is 10.2 Å². The van der Waals surface area contributed by atoms with Gasteiger partial charge in [0.25, 0.3) is 0 Å². The molecule has 0 bridgehead atoms. The summed E-state index contributed by atoms with van der Waals surface area (Å²) in [5.41, 5.74) is 0.802. The van der Waals surface area contributed by atoms with E-state index in [2.05, 4.69) is 10.6 Å². The third kappa shape index (κ3) is 2.82. The SMILES string of the molecule is Cl.O=C(NCC1CNCC1O)C1(c2ccccc2)CC1. The van der Waals surface area contributed by atoms with Gasteiger partial charge in [-0.25, -0.2) is 0 Å². The van der Waals surface area contributed by atoms with Crippen LogP contribution in [0.1, 0.15) is 18.4 Å². The smallest absolute Gasteiger partial charge is 0.230 e. The second-order valence-corrected chi connectivity index (χ2v) is 5.64. The number of carbonyl (C=O) groups excluding carboxylic acids is 1. The summed E-state index contributed by atoms with van der Waals surface area (Å²) in [6.45, 7) is 1.96. The van der Waals surface area contributed by atoms with Gasteiger partial charge in [0.15, 0.2) is 0 Å². The Morgan fingerprint density at radius 1 is 1.30 bits per heavy atom. The van der Waals surface area contributed by atoms with Gasteiger partial charge in [0.05, 0.1) is 11.5 Å². The monoisotopic (exact) mass is 296 g/mol. The molecule has 1 aromatic rings. The first-order chi connectivity index (χ1) is 9.22. The Kier molecular flexibility index (Phi) is 4.68. The van der Waals surface area contributed by atoms with Crippen molar-refractivity contribution in [1.82, 2.24) is 10.6 Å². The average Bonchev–Trinajstić information content (AvgIpc) is 3.16. The summed E-state index contributed by atoms with van der Waals surface area (Å²) in [5, 5.41) is 15.9. The number of aliphatic hydroxyl groups excluding tert-OH is 1. The van der Waals surface area contributed by atoms with Gasteiger partial charge >= 0.3 is 0 Å². The zero-order valence-corrected chi connectivity index (χ0v) is 12.2. The fourth-order valence-corrected chi connectivity index (χ4v) is 2.85. The van der Waals surface area contributed by atoms with Gasteiger partial charge in [-0.3, -0.25) is 4.79 Å². The highest BCUT2D eigenvalue weighted by Crippen LogP contribution is 2.48. The van der Waals surface area contributed by atoms with Crippen molar-refractivity contribution >= 4 is 18.3 Å². The van der Waals surface area contributed by atoms with Crippen LogP contribution in [0.5, 0.6) is 0 Å². The van der Waals surface area contributed by atoms with Gasteiger partial charge in [-0.1, -0.05) is 30.3 Å². The lowest BCUT2D eigenvalue weighted by atomic mass is 9.94. The third-order valence-corrected chi connectivity index (χ3v) is 4.34. The van der Waals surface area contributed by atoms with E-state index in [1.54, 1.807) is 0 Å². The standard InChI is InChI=1S/C15H20N2O2.ClH/c18-13-10-16-8-11(13)9-17-14(19)15(6-7-15)12-4-2-1-3-5-12;/h1-5,11,13,16,18H,6-10H2,(H,17,19);1H. The minimum absolute atomic E-state index is 0. The molecule has 0 spiro atoms. The Balaban J connectivity index is 0.00000147. The van der Waals surface area contributed by atoms with Gasteiger partial charge in [0, 0.05) is 25.6 Å². The predicted molar refractivity (Wildman–Crippen MR) is 80.0 cm³/mol. The number of nitrogens with one attached hydrogen (secondary N) is 2. The summed E-state index contributed by atoms with van der Waals surface area (Å²) in [6, 6.07) is 9.98. The van der Waals surface area contributed by atoms with E-state index in [0.29, 0.717) is 13.1 Å². The zero-order valence-electron chi connectivity index (χ0n) is 11.3. The van der Waals surface area contributed by atoms with Crippen molar-refractivity contribution in [3.8, 4) is 0 Å². The molecule has 2 unspecified atom stereocenters. The minimum Gasteiger partial charge on any atom is -0.391 e. The summed E-state index contributed by atoms with van der Waals surface area (Å²) in [4.78, 5) is 12.4. The van der Waals surface area contributed by atoms with Crippen molar-refractivity contribution in [2.45, 2.75) is 24.4 Å². The van der Waals surface area contributed by atoms with E-state index < -0.39 is 0 Å². The normalized spacial score (nSPS) is 26.6. The molecule has 1 aliphatic carbocycles. The molecule has 1 heterocycles. The second kappa shape index (κ2) is 6.12. The summed E-state index contributed by atoms with van der Waals surface area (Å²) < 4.78 is 0. The molecule has 1 aliphatic heterocycles. The van der Waals surface area contributed by atoms with E-state index >= 15 is 0 Å². The first-order valence-corrected chi connectivity index (χ1v) is 6.95. The Morgan fingerprint density at radius 2 is 2.00 bits per heavy atom. The summed E-state index contributed by atoms with van der Waals surface area (Å²) >= 11 is 0. The lowest BCUT2D eigenvalue weighted by Crippen LogP contribution is -2.40. The van der Waals surface area contributed by atoms with Gasteiger partial charge in [0.1, 0.15) is 0 Å². The maximum absolute atomic E-state index is 12.4. The molecule has 2 aliphatic rings. The summed E-state index contributed by atoms with van der Waals surface area (Å²) in [7, 11) is 0. The van der Waals surface area contributed by atoms with Crippen LogP contribution in [-0.4, -0.2) is 36.8 Å². The molecular weight excluding hydrogens is 276 g/mol. The Bertz CT molecular complexity index is 462. The van der Waals surface area contributed by atoms with Crippen LogP contribution >= 0.6 is 12.4 Å². The molecule has 5 heteroatoms. The molecule has 2 atom stereocenters. The largest absolute Gasteiger partial charge is 0.391 e. The number of aliphatic hydroxyl groups is 1. The molecule has 1 saturated carbocycles. The molecule has 1 aromatic carbocycles. The molecule has 110 valence electrons. The predicted octanol–water partition coefficient (Wildman–Crippen LogP) is 0.836. The highest BCUT2D eigenvalue weighted by molar-refractivity contribution is 5.91. The van der Waals surface area contributed by atoms with Crippen molar-refractivity contribution in [3.63, 3.8) is 0 Å². The Morgan fingerprint density at radius 3 is 2.55 bits per heavy atom. The highest BCUT2D eigenvalue weighted by Gasteiger charge is 2.51. The van der Waals surface area contributed by atoms with Crippen molar-refractivity contribution < 1.29 is 9.90 Å². The lowest BCUT2D eigenvalue weighted by molar-refractivity contribution is -0.123. The molecule has 3 N–H and O–H groups in total. The minimum atomic E-state index is -0.341. The Hall–Kier alpha value is -1.10. The van der Waals surface area contributed by atoms with E-state index in [-0.39, 0.29) is 35.8 Å². The first-order valence-electron chi connectivity index (χ1n) is 6.95. The lowest BCUT2D eigenvalue weighted by Gasteiger charge is -2.19. The van der Waals surface area contributed by atoms with E-state index in [4.69, 9.17) is 0 Å². The first kappa shape index (κ1) is 15.3. The van der Waals surface area contributed by atoms with Gasteiger partial charge in [0.2, 0.25) is 5.91 Å². The molecule has 4 nitrogen and oxygen atoms in total. The molecule has 0 radical (unpaired) electrons. The topological polar surface area (TPSA) is 61.4 Å². The Labute approximate surface area is 125 Å². The van der Waals surface area contributed by atoms with Crippen molar-refractivity contribution in [2.24, 2.45) is 5.92 Å². The number of hydrogen-bond acceptors (Lipinski definition) is 3. The van der Waals surface area contributed by atoms with Crippen molar-refractivity contribution in [1.29, 1.82) is 0 Å². The molecule has 2 fully saturated rings. The van der Waals surface area contributed by atoms with Gasteiger partial charge in [-0.2, -0.15) is 0 Å². The highest BCUT2D eigenvalue weighted by atomic mass is 35.5. The second-order valence-electron chi connectivity index (χ2n) is 5.64. The molecule has 1 saturated heterocycles. The van der Waals surface area contributed by atoms with E-state index in [1.165, 1.54) is 0 Å². The molecule has 3 rings (SSSR count). The van der Waals surface area contributed by atoms with Crippen LogP contribution in [0.3, 0.4) is 0 Å². The number of amides is 1. The van der Waals surface area contributed by atoms with Crippen LogP contribution in [0.25, 0.3) is 0 Å². The maximum atomic E-state index is 12.4. The number of carbonyl (C=O) groups is 1.